The van der Waals surface area contributed by atoms with Crippen molar-refractivity contribution in [2.45, 2.75) is 0 Å². The molecule has 0 amide bonds. The average molecular weight is 236 g/mol. The van der Waals surface area contributed by atoms with E-state index in [0.29, 0.717) is 5.88 Å². The highest BCUT2D eigenvalue weighted by molar-refractivity contribution is 6.19. The molecule has 16 heavy (non-hydrogen) atoms. The minimum atomic E-state index is 0.380. The number of morpholine rings is 1. The lowest BCUT2D eigenvalue weighted by Crippen LogP contribution is -2.36. The van der Waals surface area contributed by atoms with Gasteiger partial charge in [-0.25, -0.2) is 0 Å². The second-order valence-corrected chi connectivity index (χ2v) is 3.85. The molecular weight excluding hydrogens is 222 g/mol. The highest BCUT2D eigenvalue weighted by atomic mass is 35.5. The smallest absolute Gasteiger partial charge is 0.0839 e. The Hall–Kier alpha value is -1.17. The number of rotatable bonds is 1. The molecule has 0 spiro atoms. The zero-order valence-electron chi connectivity index (χ0n) is 9.08. The lowest BCUT2D eigenvalue weighted by molar-refractivity contribution is 0.122. The van der Waals surface area contributed by atoms with E-state index in [1.54, 1.807) is 0 Å². The predicted octanol–water partition coefficient (Wildman–Crippen LogP) is 2.11. The zero-order chi connectivity index (χ0) is 11.2. The topological polar surface area (TPSA) is 12.5 Å². The normalized spacial score (nSPS) is 15.4. The first-order valence-corrected chi connectivity index (χ1v) is 5.91. The van der Waals surface area contributed by atoms with Crippen molar-refractivity contribution in [2.24, 2.45) is 0 Å². The van der Waals surface area contributed by atoms with Crippen molar-refractivity contribution in [3.8, 4) is 11.8 Å². The summed E-state index contributed by atoms with van der Waals surface area (Å²) in [7, 11) is 0. The number of nitrogens with zero attached hydrogens (tertiary/aromatic N) is 1. The molecule has 1 heterocycles. The summed E-state index contributed by atoms with van der Waals surface area (Å²) in [6.45, 7) is 3.56. The largest absolute Gasteiger partial charge is 0.378 e. The predicted molar refractivity (Wildman–Crippen MR) is 67.1 cm³/mol. The second kappa shape index (κ2) is 5.79. The summed E-state index contributed by atoms with van der Waals surface area (Å²) in [5, 5.41) is 0. The van der Waals surface area contributed by atoms with Gasteiger partial charge in [-0.1, -0.05) is 11.8 Å². The van der Waals surface area contributed by atoms with E-state index >= 15 is 0 Å². The highest BCUT2D eigenvalue weighted by Gasteiger charge is 2.10. The Morgan fingerprint density at radius 2 is 1.88 bits per heavy atom. The van der Waals surface area contributed by atoms with E-state index < -0.39 is 0 Å². The molecule has 1 saturated heterocycles. The van der Waals surface area contributed by atoms with Crippen LogP contribution in [0.2, 0.25) is 0 Å². The Morgan fingerprint density at radius 3 is 2.50 bits per heavy atom. The van der Waals surface area contributed by atoms with Gasteiger partial charge in [-0.2, -0.15) is 0 Å². The molecule has 0 aliphatic carbocycles. The van der Waals surface area contributed by atoms with Crippen molar-refractivity contribution in [1.29, 1.82) is 0 Å². The monoisotopic (exact) mass is 235 g/mol. The molecule has 0 saturated carbocycles. The van der Waals surface area contributed by atoms with Crippen LogP contribution in [0.25, 0.3) is 0 Å². The fourth-order valence-electron chi connectivity index (χ4n) is 1.71. The van der Waals surface area contributed by atoms with Crippen molar-refractivity contribution >= 4 is 17.3 Å². The van der Waals surface area contributed by atoms with Gasteiger partial charge in [0.15, 0.2) is 0 Å². The highest BCUT2D eigenvalue weighted by Crippen LogP contribution is 2.16. The lowest BCUT2D eigenvalue weighted by Gasteiger charge is -2.28. The van der Waals surface area contributed by atoms with Gasteiger partial charge in [-0.15, -0.1) is 11.6 Å². The Morgan fingerprint density at radius 1 is 1.19 bits per heavy atom. The molecule has 1 fully saturated rings. The van der Waals surface area contributed by atoms with Gasteiger partial charge < -0.3 is 9.64 Å². The summed E-state index contributed by atoms with van der Waals surface area (Å²) in [5.41, 5.74) is 2.25. The number of ether oxygens (including phenoxy) is 1. The minimum absolute atomic E-state index is 0.380. The third-order valence-electron chi connectivity index (χ3n) is 2.54. The van der Waals surface area contributed by atoms with Crippen LogP contribution in [-0.4, -0.2) is 32.2 Å². The summed E-state index contributed by atoms with van der Waals surface area (Å²) < 4.78 is 5.32. The molecule has 0 atom stereocenters. The molecule has 0 N–H and O–H groups in total. The summed E-state index contributed by atoms with van der Waals surface area (Å²) in [4.78, 5) is 2.32. The Labute approximate surface area is 101 Å². The number of benzene rings is 1. The van der Waals surface area contributed by atoms with Gasteiger partial charge in [-0.05, 0) is 24.3 Å². The Balaban J connectivity index is 2.06. The fraction of sp³-hybridized carbons (Fsp3) is 0.385. The zero-order valence-corrected chi connectivity index (χ0v) is 9.83. The summed E-state index contributed by atoms with van der Waals surface area (Å²) in [6, 6.07) is 8.27. The number of alkyl halides is 1. The number of halogens is 1. The number of hydrogen-bond donors (Lipinski definition) is 0. The Bertz CT molecular complexity index is 385. The van der Waals surface area contributed by atoms with E-state index in [-0.39, 0.29) is 0 Å². The molecule has 0 aromatic heterocycles. The standard InChI is InChI=1S/C13H14ClNO/c14-7-1-2-12-3-5-13(6-4-12)15-8-10-16-11-9-15/h3-6H,7-11H2. The molecule has 1 aromatic carbocycles. The fourth-order valence-corrected chi connectivity index (χ4v) is 1.78. The molecule has 0 radical (unpaired) electrons. The first-order chi connectivity index (χ1) is 7.90. The van der Waals surface area contributed by atoms with E-state index in [1.807, 2.05) is 12.1 Å². The van der Waals surface area contributed by atoms with Crippen LogP contribution in [0, 0.1) is 11.8 Å². The quantitative estimate of drug-likeness (QED) is 0.546. The molecule has 1 aliphatic rings. The summed E-state index contributed by atoms with van der Waals surface area (Å²) >= 11 is 5.51. The maximum atomic E-state index is 5.51. The molecule has 1 aromatic rings. The minimum Gasteiger partial charge on any atom is -0.378 e. The van der Waals surface area contributed by atoms with E-state index in [2.05, 4.69) is 28.9 Å². The van der Waals surface area contributed by atoms with Gasteiger partial charge >= 0.3 is 0 Å². The van der Waals surface area contributed by atoms with Gasteiger partial charge in [0.05, 0.1) is 19.1 Å². The molecule has 0 unspecified atom stereocenters. The maximum Gasteiger partial charge on any atom is 0.0839 e. The van der Waals surface area contributed by atoms with Gasteiger partial charge in [0, 0.05) is 24.3 Å². The van der Waals surface area contributed by atoms with Gasteiger partial charge in [0.1, 0.15) is 0 Å². The third kappa shape index (κ3) is 2.91. The van der Waals surface area contributed by atoms with Crippen molar-refractivity contribution in [3.63, 3.8) is 0 Å². The summed E-state index contributed by atoms with van der Waals surface area (Å²) in [5.74, 6) is 6.22. The summed E-state index contributed by atoms with van der Waals surface area (Å²) in [6.07, 6.45) is 0. The number of anilines is 1. The van der Waals surface area contributed by atoms with Gasteiger partial charge in [0.25, 0.3) is 0 Å². The van der Waals surface area contributed by atoms with Crippen LogP contribution < -0.4 is 4.90 Å². The second-order valence-electron chi connectivity index (χ2n) is 3.58. The van der Waals surface area contributed by atoms with Crippen LogP contribution >= 0.6 is 11.6 Å². The Kier molecular flexibility index (Phi) is 4.10. The van der Waals surface area contributed by atoms with Crippen LogP contribution in [0.15, 0.2) is 24.3 Å². The maximum absolute atomic E-state index is 5.51. The first-order valence-electron chi connectivity index (χ1n) is 5.38. The molecule has 2 nitrogen and oxygen atoms in total. The van der Waals surface area contributed by atoms with E-state index in [0.717, 1.165) is 31.9 Å². The van der Waals surface area contributed by atoms with Crippen LogP contribution in [0.5, 0.6) is 0 Å². The van der Waals surface area contributed by atoms with Gasteiger partial charge in [0.2, 0.25) is 0 Å². The lowest BCUT2D eigenvalue weighted by atomic mass is 10.2. The van der Waals surface area contributed by atoms with Gasteiger partial charge in [-0.3, -0.25) is 0 Å². The average Bonchev–Trinajstić information content (AvgIpc) is 2.38. The van der Waals surface area contributed by atoms with E-state index in [4.69, 9.17) is 16.3 Å². The van der Waals surface area contributed by atoms with Crippen molar-refractivity contribution in [1.82, 2.24) is 0 Å². The van der Waals surface area contributed by atoms with E-state index in [9.17, 15) is 0 Å². The SMILES string of the molecule is ClCC#Cc1ccc(N2CCOCC2)cc1. The molecule has 2 rings (SSSR count). The molecule has 84 valence electrons. The van der Waals surface area contributed by atoms with Crippen molar-refractivity contribution in [3.05, 3.63) is 29.8 Å². The molecule has 1 aliphatic heterocycles. The van der Waals surface area contributed by atoms with Crippen LogP contribution in [0.4, 0.5) is 5.69 Å². The first kappa shape index (κ1) is 11.3. The van der Waals surface area contributed by atoms with Crippen LogP contribution in [0.1, 0.15) is 5.56 Å². The molecule has 0 bridgehead atoms. The third-order valence-corrected chi connectivity index (χ3v) is 2.68. The molecule has 3 heteroatoms. The number of hydrogen-bond acceptors (Lipinski definition) is 2. The van der Waals surface area contributed by atoms with Crippen LogP contribution in [-0.2, 0) is 4.74 Å². The molecular formula is C13H14ClNO. The van der Waals surface area contributed by atoms with Crippen molar-refractivity contribution in [2.75, 3.05) is 37.1 Å². The van der Waals surface area contributed by atoms with E-state index in [1.165, 1.54) is 5.69 Å². The van der Waals surface area contributed by atoms with Crippen molar-refractivity contribution < 1.29 is 4.74 Å². The van der Waals surface area contributed by atoms with Crippen LogP contribution in [0.3, 0.4) is 0 Å².